The Morgan fingerprint density at radius 2 is 2.00 bits per heavy atom. The van der Waals surface area contributed by atoms with Crippen molar-refractivity contribution in [1.29, 1.82) is 0 Å². The molecule has 1 unspecified atom stereocenters. The number of carbonyl (C=O) groups excluding carboxylic acids is 2. The Balaban J connectivity index is 1.83. The number of hydrogen-bond donors (Lipinski definition) is 2. The van der Waals surface area contributed by atoms with Crippen molar-refractivity contribution in [3.63, 3.8) is 0 Å². The molecule has 1 atom stereocenters. The Kier molecular flexibility index (Phi) is 6.08. The van der Waals surface area contributed by atoms with Gasteiger partial charge in [-0.25, -0.2) is 4.79 Å². The van der Waals surface area contributed by atoms with Crippen LogP contribution in [0.1, 0.15) is 40.2 Å². The molecular weight excluding hydrogens is 360 g/mol. The van der Waals surface area contributed by atoms with Crippen molar-refractivity contribution >= 4 is 34.3 Å². The van der Waals surface area contributed by atoms with E-state index in [2.05, 4.69) is 19.2 Å². The summed E-state index contributed by atoms with van der Waals surface area (Å²) in [5, 5.41) is 3.46. The lowest BCUT2D eigenvalue weighted by Crippen LogP contribution is -3.14. The van der Waals surface area contributed by atoms with Gasteiger partial charge < -0.3 is 15.0 Å². The number of nitrogens with one attached hydrogen (secondary N) is 2. The molecule has 2 N–H and O–H groups in total. The van der Waals surface area contributed by atoms with E-state index in [4.69, 9.17) is 4.74 Å². The number of quaternary nitrogens is 1. The highest BCUT2D eigenvalue weighted by molar-refractivity contribution is 7.17. The Labute approximate surface area is 163 Å². The summed E-state index contributed by atoms with van der Waals surface area (Å²) in [6, 6.07) is 10.1. The van der Waals surface area contributed by atoms with E-state index < -0.39 is 0 Å². The number of methoxy groups -OCH3 is 1. The highest BCUT2D eigenvalue weighted by Gasteiger charge is 2.31. The van der Waals surface area contributed by atoms with Crippen LogP contribution in [0.3, 0.4) is 0 Å². The van der Waals surface area contributed by atoms with Crippen LogP contribution in [0.25, 0.3) is 6.08 Å². The maximum Gasteiger partial charge on any atom is 0.341 e. The van der Waals surface area contributed by atoms with Crippen molar-refractivity contribution in [2.75, 3.05) is 19.0 Å². The number of benzene rings is 1. The van der Waals surface area contributed by atoms with Gasteiger partial charge >= 0.3 is 5.97 Å². The molecule has 5 nitrogen and oxygen atoms in total. The molecule has 3 rings (SSSR count). The zero-order valence-corrected chi connectivity index (χ0v) is 16.7. The maximum absolute atomic E-state index is 12.4. The average molecular weight is 386 g/mol. The molecule has 1 aliphatic heterocycles. The summed E-state index contributed by atoms with van der Waals surface area (Å²) < 4.78 is 4.98. The number of thiophene rings is 1. The van der Waals surface area contributed by atoms with E-state index in [1.54, 1.807) is 6.08 Å². The predicted octanol–water partition coefficient (Wildman–Crippen LogP) is 2.54. The third-order valence-electron chi connectivity index (χ3n) is 4.84. The van der Waals surface area contributed by atoms with Gasteiger partial charge in [0.05, 0.1) is 30.1 Å². The van der Waals surface area contributed by atoms with E-state index in [1.165, 1.54) is 29.4 Å². The van der Waals surface area contributed by atoms with Crippen LogP contribution in [-0.2, 0) is 22.5 Å². The molecule has 1 aromatic heterocycles. The second-order valence-electron chi connectivity index (χ2n) is 6.92. The van der Waals surface area contributed by atoms with Gasteiger partial charge in [0.25, 0.3) is 0 Å². The maximum atomic E-state index is 12.4. The fourth-order valence-electron chi connectivity index (χ4n) is 3.29. The second-order valence-corrected chi connectivity index (χ2v) is 8.03. The van der Waals surface area contributed by atoms with Gasteiger partial charge in [-0.3, -0.25) is 4.79 Å². The highest BCUT2D eigenvalue weighted by Crippen LogP contribution is 2.35. The number of esters is 1. The van der Waals surface area contributed by atoms with Gasteiger partial charge in [0.2, 0.25) is 5.91 Å². The van der Waals surface area contributed by atoms with Crippen LogP contribution in [0.4, 0.5) is 5.00 Å². The van der Waals surface area contributed by atoms with Crippen LogP contribution in [0.2, 0.25) is 0 Å². The van der Waals surface area contributed by atoms with E-state index in [-0.39, 0.29) is 11.9 Å². The lowest BCUT2D eigenvalue weighted by molar-refractivity contribution is -0.936. The molecule has 2 heterocycles. The van der Waals surface area contributed by atoms with Gasteiger partial charge in [-0.15, -0.1) is 11.3 Å². The van der Waals surface area contributed by atoms with Gasteiger partial charge in [-0.2, -0.15) is 0 Å². The van der Waals surface area contributed by atoms with Crippen LogP contribution in [0.5, 0.6) is 0 Å². The standard InChI is InChI=1S/C21H24N2O3S/c1-14(2)23-12-11-16-17(13-23)27-20(19(16)21(25)26-3)22-18(24)10-9-15-7-5-4-6-8-15/h4-10,14H,11-13H2,1-3H3,(H,22,24)/p+1. The predicted molar refractivity (Wildman–Crippen MR) is 108 cm³/mol. The quantitative estimate of drug-likeness (QED) is 0.614. The van der Waals surface area contributed by atoms with Gasteiger partial charge in [0.15, 0.2) is 0 Å². The lowest BCUT2D eigenvalue weighted by Gasteiger charge is -2.27. The third-order valence-corrected chi connectivity index (χ3v) is 5.99. The monoisotopic (exact) mass is 385 g/mol. The molecular formula is C21H25N2O3S+. The summed E-state index contributed by atoms with van der Waals surface area (Å²) >= 11 is 1.49. The molecule has 0 saturated carbocycles. The topological polar surface area (TPSA) is 59.8 Å². The second kappa shape index (κ2) is 8.50. The fourth-order valence-corrected chi connectivity index (χ4v) is 4.58. The zero-order chi connectivity index (χ0) is 19.4. The molecule has 0 fully saturated rings. The minimum Gasteiger partial charge on any atom is -0.465 e. The molecule has 1 aliphatic rings. The number of ether oxygens (including phenoxy) is 1. The van der Waals surface area contributed by atoms with E-state index in [0.29, 0.717) is 16.6 Å². The third kappa shape index (κ3) is 4.46. The Morgan fingerprint density at radius 1 is 1.26 bits per heavy atom. The minimum atomic E-state index is -0.386. The summed E-state index contributed by atoms with van der Waals surface area (Å²) in [5.41, 5.74) is 2.49. The molecule has 27 heavy (non-hydrogen) atoms. The van der Waals surface area contributed by atoms with E-state index in [1.807, 2.05) is 30.3 Å². The van der Waals surface area contributed by atoms with Crippen molar-refractivity contribution < 1.29 is 19.2 Å². The van der Waals surface area contributed by atoms with Crippen molar-refractivity contribution in [3.8, 4) is 0 Å². The molecule has 0 radical (unpaired) electrons. The normalized spacial score (nSPS) is 16.4. The molecule has 1 amide bonds. The van der Waals surface area contributed by atoms with Gasteiger partial charge in [-0.05, 0) is 31.1 Å². The smallest absolute Gasteiger partial charge is 0.341 e. The molecule has 1 aromatic carbocycles. The van der Waals surface area contributed by atoms with Crippen molar-refractivity contribution in [2.24, 2.45) is 0 Å². The molecule has 6 heteroatoms. The molecule has 0 bridgehead atoms. The van der Waals surface area contributed by atoms with E-state index in [9.17, 15) is 9.59 Å². The zero-order valence-electron chi connectivity index (χ0n) is 15.9. The summed E-state index contributed by atoms with van der Waals surface area (Å²) in [5.74, 6) is -0.640. The highest BCUT2D eigenvalue weighted by atomic mass is 32.1. The number of fused-ring (bicyclic) bond motifs is 1. The van der Waals surface area contributed by atoms with Crippen molar-refractivity contribution in [1.82, 2.24) is 0 Å². The lowest BCUT2D eigenvalue weighted by atomic mass is 10.0. The number of amides is 1. The van der Waals surface area contributed by atoms with Crippen molar-refractivity contribution in [2.45, 2.75) is 32.9 Å². The SMILES string of the molecule is COC(=O)c1c(NC(=O)C=Cc2ccccc2)sc2c1CC[NH+](C(C)C)C2. The van der Waals surface area contributed by atoms with Gasteiger partial charge in [-0.1, -0.05) is 30.3 Å². The van der Waals surface area contributed by atoms with Gasteiger partial charge in [0.1, 0.15) is 11.5 Å². The first-order chi connectivity index (χ1) is 13.0. The van der Waals surface area contributed by atoms with E-state index in [0.717, 1.165) is 35.5 Å². The largest absolute Gasteiger partial charge is 0.465 e. The van der Waals surface area contributed by atoms with Gasteiger partial charge in [0, 0.05) is 12.5 Å². The fraction of sp³-hybridized carbons (Fsp3) is 0.333. The summed E-state index contributed by atoms with van der Waals surface area (Å²) in [6.07, 6.45) is 4.06. The number of anilines is 1. The summed E-state index contributed by atoms with van der Waals surface area (Å²) in [7, 11) is 1.38. The Morgan fingerprint density at radius 3 is 2.67 bits per heavy atom. The molecule has 0 aliphatic carbocycles. The summed E-state index contributed by atoms with van der Waals surface area (Å²) in [6.45, 7) is 6.25. The minimum absolute atomic E-state index is 0.254. The average Bonchev–Trinajstić information content (AvgIpc) is 3.03. The van der Waals surface area contributed by atoms with Crippen LogP contribution in [0.15, 0.2) is 36.4 Å². The Hall–Kier alpha value is -2.44. The number of hydrogen-bond acceptors (Lipinski definition) is 4. The first-order valence-electron chi connectivity index (χ1n) is 9.11. The summed E-state index contributed by atoms with van der Waals surface area (Å²) in [4.78, 5) is 27.4. The first-order valence-corrected chi connectivity index (χ1v) is 9.92. The number of rotatable bonds is 5. The first kappa shape index (κ1) is 19.3. The van der Waals surface area contributed by atoms with Crippen molar-refractivity contribution in [3.05, 3.63) is 58.0 Å². The molecule has 0 saturated heterocycles. The number of carbonyl (C=O) groups is 2. The van der Waals surface area contributed by atoms with Crippen LogP contribution in [0, 0.1) is 0 Å². The molecule has 0 spiro atoms. The molecule has 2 aromatic rings. The Bertz CT molecular complexity index is 856. The van der Waals surface area contributed by atoms with E-state index >= 15 is 0 Å². The van der Waals surface area contributed by atoms with Crippen LogP contribution in [-0.4, -0.2) is 31.6 Å². The van der Waals surface area contributed by atoms with Crippen LogP contribution >= 0.6 is 11.3 Å². The van der Waals surface area contributed by atoms with Crippen LogP contribution < -0.4 is 10.2 Å². The molecule has 142 valence electrons.